The quantitative estimate of drug-likeness (QED) is 0.535. The number of furan rings is 1. The minimum atomic E-state index is -0.300. The van der Waals surface area contributed by atoms with Crippen LogP contribution in [-0.4, -0.2) is 29.3 Å². The maximum atomic E-state index is 13.7. The van der Waals surface area contributed by atoms with E-state index in [9.17, 15) is 14.0 Å². The molecule has 0 spiro atoms. The number of carbonyl (C=O) groups is 2. The molecule has 2 fully saturated rings. The molecule has 2 aromatic carbocycles. The summed E-state index contributed by atoms with van der Waals surface area (Å²) < 4.78 is 25.3. The number of amides is 2. The van der Waals surface area contributed by atoms with Crippen molar-refractivity contribution in [3.8, 4) is 5.75 Å². The summed E-state index contributed by atoms with van der Waals surface area (Å²) in [6.45, 7) is 0.824. The second kappa shape index (κ2) is 8.87. The number of ether oxygens (including phenoxy) is 1. The number of nitrogens with one attached hydrogen (secondary N) is 1. The summed E-state index contributed by atoms with van der Waals surface area (Å²) in [6, 6.07) is 15.7. The summed E-state index contributed by atoms with van der Waals surface area (Å²) >= 11 is 0. The molecule has 3 aliphatic rings. The van der Waals surface area contributed by atoms with Crippen LogP contribution in [0.1, 0.15) is 64.7 Å². The van der Waals surface area contributed by atoms with Gasteiger partial charge in [-0.25, -0.2) is 4.39 Å². The van der Waals surface area contributed by atoms with Crippen molar-refractivity contribution in [1.29, 1.82) is 0 Å². The zero-order valence-electron chi connectivity index (χ0n) is 19.3. The molecule has 1 atom stereocenters. The van der Waals surface area contributed by atoms with Gasteiger partial charge in [0.2, 0.25) is 5.91 Å². The summed E-state index contributed by atoms with van der Waals surface area (Å²) in [5, 5.41) is 2.91. The standard InChI is InChI=1S/C28H27FN2O4/c29-20-6-3-18(4-7-20)26-24-15-22(10-5-17(24)13-14-31(26)28(33)19-1-2-19)34-16-23-11-12-25(35-23)27(32)30-21-8-9-21/h3-7,10-12,15,19,21,26H,1-2,8-9,13-14,16H2,(H,30,32). The number of hydrogen-bond acceptors (Lipinski definition) is 4. The van der Waals surface area contributed by atoms with Gasteiger partial charge in [0.15, 0.2) is 5.76 Å². The number of benzene rings is 2. The van der Waals surface area contributed by atoms with Crippen molar-refractivity contribution < 1.29 is 23.1 Å². The third-order valence-corrected chi connectivity index (χ3v) is 6.92. The molecule has 0 bridgehead atoms. The molecule has 0 saturated heterocycles. The first-order valence-electron chi connectivity index (χ1n) is 12.3. The lowest BCUT2D eigenvalue weighted by Gasteiger charge is -2.38. The van der Waals surface area contributed by atoms with Crippen LogP contribution in [0.4, 0.5) is 4.39 Å². The highest BCUT2D eigenvalue weighted by Gasteiger charge is 2.39. The molecule has 35 heavy (non-hydrogen) atoms. The molecule has 1 unspecified atom stereocenters. The second-order valence-electron chi connectivity index (χ2n) is 9.67. The first-order valence-corrected chi connectivity index (χ1v) is 12.3. The lowest BCUT2D eigenvalue weighted by Crippen LogP contribution is -2.41. The minimum Gasteiger partial charge on any atom is -0.486 e. The second-order valence-corrected chi connectivity index (χ2v) is 9.67. The molecular weight excluding hydrogens is 447 g/mol. The van der Waals surface area contributed by atoms with Crippen molar-refractivity contribution in [3.63, 3.8) is 0 Å². The SMILES string of the molecule is O=C(NC1CC1)c1ccc(COc2ccc3c(c2)C(c2ccc(F)cc2)N(C(=O)C2CC2)CC3)o1. The average molecular weight is 475 g/mol. The molecule has 6 rings (SSSR count). The van der Waals surface area contributed by atoms with Crippen LogP contribution in [0.2, 0.25) is 0 Å². The van der Waals surface area contributed by atoms with E-state index < -0.39 is 0 Å². The monoisotopic (exact) mass is 474 g/mol. The first kappa shape index (κ1) is 21.9. The Morgan fingerprint density at radius 1 is 1.03 bits per heavy atom. The van der Waals surface area contributed by atoms with Gasteiger partial charge in [0.05, 0.1) is 6.04 Å². The Morgan fingerprint density at radius 3 is 2.57 bits per heavy atom. The number of nitrogens with zero attached hydrogens (tertiary/aromatic N) is 1. The van der Waals surface area contributed by atoms with E-state index in [0.29, 0.717) is 18.1 Å². The summed E-state index contributed by atoms with van der Waals surface area (Å²) in [6.07, 6.45) is 4.67. The van der Waals surface area contributed by atoms with E-state index in [0.717, 1.165) is 48.8 Å². The van der Waals surface area contributed by atoms with Crippen molar-refractivity contribution in [3.05, 3.63) is 88.6 Å². The average Bonchev–Trinajstić information content (AvgIpc) is 3.81. The number of halogens is 1. The van der Waals surface area contributed by atoms with Crippen molar-refractivity contribution >= 4 is 11.8 Å². The highest BCUT2D eigenvalue weighted by molar-refractivity contribution is 5.91. The minimum absolute atomic E-state index is 0.101. The van der Waals surface area contributed by atoms with Gasteiger partial charge in [-0.15, -0.1) is 0 Å². The maximum Gasteiger partial charge on any atom is 0.287 e. The molecule has 6 nitrogen and oxygen atoms in total. The molecule has 1 aromatic heterocycles. The fourth-order valence-corrected chi connectivity index (χ4v) is 4.71. The molecule has 2 amide bonds. The molecule has 2 heterocycles. The summed E-state index contributed by atoms with van der Waals surface area (Å²) in [5.74, 6) is 1.27. The van der Waals surface area contributed by atoms with Crippen LogP contribution in [0.25, 0.3) is 0 Å². The van der Waals surface area contributed by atoms with Gasteiger partial charge in [0, 0.05) is 18.5 Å². The van der Waals surface area contributed by atoms with E-state index in [1.165, 1.54) is 12.1 Å². The Balaban J connectivity index is 1.23. The summed E-state index contributed by atoms with van der Waals surface area (Å²) in [7, 11) is 0. The molecule has 3 aromatic rings. The topological polar surface area (TPSA) is 71.8 Å². The molecule has 2 aliphatic carbocycles. The van der Waals surface area contributed by atoms with E-state index >= 15 is 0 Å². The van der Waals surface area contributed by atoms with Gasteiger partial charge in [-0.3, -0.25) is 9.59 Å². The number of fused-ring (bicyclic) bond motifs is 1. The fraction of sp³-hybridized carbons (Fsp3) is 0.357. The van der Waals surface area contributed by atoms with Gasteiger partial charge in [-0.1, -0.05) is 18.2 Å². The van der Waals surface area contributed by atoms with E-state index in [-0.39, 0.29) is 48.0 Å². The molecule has 1 N–H and O–H groups in total. The lowest BCUT2D eigenvalue weighted by atomic mass is 9.87. The maximum absolute atomic E-state index is 13.7. The number of rotatable bonds is 7. The number of carbonyl (C=O) groups excluding carboxylic acids is 2. The molecule has 0 radical (unpaired) electrons. The van der Waals surface area contributed by atoms with Crippen molar-refractivity contribution in [2.24, 2.45) is 5.92 Å². The van der Waals surface area contributed by atoms with Gasteiger partial charge in [0.25, 0.3) is 5.91 Å². The van der Waals surface area contributed by atoms with Gasteiger partial charge in [-0.2, -0.15) is 0 Å². The van der Waals surface area contributed by atoms with Crippen LogP contribution in [0.15, 0.2) is 59.0 Å². The smallest absolute Gasteiger partial charge is 0.287 e. The molecule has 1 aliphatic heterocycles. The predicted octanol–water partition coefficient (Wildman–Crippen LogP) is 4.77. The fourth-order valence-electron chi connectivity index (χ4n) is 4.71. The van der Waals surface area contributed by atoms with Gasteiger partial charge < -0.3 is 19.4 Å². The predicted molar refractivity (Wildman–Crippen MR) is 126 cm³/mol. The van der Waals surface area contributed by atoms with Crippen molar-refractivity contribution in [2.45, 2.75) is 50.8 Å². The van der Waals surface area contributed by atoms with E-state index in [2.05, 4.69) is 5.32 Å². The first-order chi connectivity index (χ1) is 17.0. The molecule has 7 heteroatoms. The van der Waals surface area contributed by atoms with Crippen LogP contribution in [0.3, 0.4) is 0 Å². The highest BCUT2D eigenvalue weighted by Crippen LogP contribution is 2.41. The van der Waals surface area contributed by atoms with E-state index in [4.69, 9.17) is 9.15 Å². The summed E-state index contributed by atoms with van der Waals surface area (Å²) in [4.78, 5) is 27.2. The Kier molecular flexibility index (Phi) is 5.55. The van der Waals surface area contributed by atoms with Gasteiger partial charge in [0.1, 0.15) is 23.9 Å². The Morgan fingerprint density at radius 2 is 1.83 bits per heavy atom. The Hall–Kier alpha value is -3.61. The normalized spacial score (nSPS) is 19.2. The summed E-state index contributed by atoms with van der Waals surface area (Å²) in [5.41, 5.74) is 3.04. The third-order valence-electron chi connectivity index (χ3n) is 6.92. The zero-order chi connectivity index (χ0) is 23.9. The van der Waals surface area contributed by atoms with Crippen LogP contribution in [0, 0.1) is 11.7 Å². The zero-order valence-corrected chi connectivity index (χ0v) is 19.3. The van der Waals surface area contributed by atoms with Crippen molar-refractivity contribution in [2.75, 3.05) is 6.54 Å². The van der Waals surface area contributed by atoms with Crippen LogP contribution in [-0.2, 0) is 17.8 Å². The van der Waals surface area contributed by atoms with E-state index in [1.54, 1.807) is 24.3 Å². The van der Waals surface area contributed by atoms with Crippen LogP contribution >= 0.6 is 0 Å². The van der Waals surface area contributed by atoms with Crippen molar-refractivity contribution in [1.82, 2.24) is 10.2 Å². The Labute approximate surface area is 203 Å². The van der Waals surface area contributed by atoms with Gasteiger partial charge in [-0.05, 0) is 85.2 Å². The third kappa shape index (κ3) is 4.67. The largest absolute Gasteiger partial charge is 0.486 e. The highest BCUT2D eigenvalue weighted by atomic mass is 19.1. The molecule has 180 valence electrons. The van der Waals surface area contributed by atoms with Crippen LogP contribution < -0.4 is 10.1 Å². The lowest BCUT2D eigenvalue weighted by molar-refractivity contribution is -0.134. The molecule has 2 saturated carbocycles. The number of hydrogen-bond donors (Lipinski definition) is 1. The van der Waals surface area contributed by atoms with Gasteiger partial charge >= 0.3 is 0 Å². The van der Waals surface area contributed by atoms with Crippen LogP contribution in [0.5, 0.6) is 5.75 Å². The molecular formula is C28H27FN2O4. The Bertz CT molecular complexity index is 1260. The van der Waals surface area contributed by atoms with E-state index in [1.807, 2.05) is 23.1 Å².